The van der Waals surface area contributed by atoms with Crippen LogP contribution < -0.4 is 10.1 Å². The minimum atomic E-state index is -4.40. The summed E-state index contributed by atoms with van der Waals surface area (Å²) in [5, 5.41) is 7.23. The number of piperazine rings is 1. The molecule has 8 heteroatoms. The predicted octanol–water partition coefficient (Wildman–Crippen LogP) is 4.19. The number of thiophene rings is 1. The van der Waals surface area contributed by atoms with E-state index in [0.717, 1.165) is 37.8 Å². The van der Waals surface area contributed by atoms with Crippen molar-refractivity contribution in [2.24, 2.45) is 0 Å². The molecule has 0 spiro atoms. The summed E-state index contributed by atoms with van der Waals surface area (Å²) >= 11 is 1.55. The molecule has 0 saturated carbocycles. The van der Waals surface area contributed by atoms with Gasteiger partial charge in [0.1, 0.15) is 5.75 Å². The molecule has 0 amide bonds. The summed E-state index contributed by atoms with van der Waals surface area (Å²) in [7, 11) is 1.39. The Balaban J connectivity index is 0.00000225. The molecule has 0 radical (unpaired) electrons. The predicted molar refractivity (Wildman–Crippen MR) is 95.8 cm³/mol. The Morgan fingerprint density at radius 1 is 1.16 bits per heavy atom. The molecule has 3 nitrogen and oxygen atoms in total. The van der Waals surface area contributed by atoms with Crippen molar-refractivity contribution < 1.29 is 17.9 Å². The van der Waals surface area contributed by atoms with E-state index in [-0.39, 0.29) is 24.2 Å². The van der Waals surface area contributed by atoms with Gasteiger partial charge in [-0.25, -0.2) is 0 Å². The van der Waals surface area contributed by atoms with Gasteiger partial charge in [-0.15, -0.1) is 12.4 Å². The van der Waals surface area contributed by atoms with Gasteiger partial charge in [0, 0.05) is 26.2 Å². The van der Waals surface area contributed by atoms with Gasteiger partial charge in [-0.3, -0.25) is 4.90 Å². The number of rotatable bonds is 4. The van der Waals surface area contributed by atoms with Crippen LogP contribution in [0.15, 0.2) is 35.0 Å². The van der Waals surface area contributed by atoms with Crippen LogP contribution in [-0.2, 0) is 6.18 Å². The number of hydrogen-bond acceptors (Lipinski definition) is 4. The number of ether oxygens (including phenoxy) is 1. The monoisotopic (exact) mass is 392 g/mol. The molecule has 1 aliphatic heterocycles. The van der Waals surface area contributed by atoms with Gasteiger partial charge in [0.25, 0.3) is 0 Å². The smallest absolute Gasteiger partial charge is 0.416 e. The van der Waals surface area contributed by atoms with Gasteiger partial charge in [0.15, 0.2) is 0 Å². The lowest BCUT2D eigenvalue weighted by molar-refractivity contribution is -0.137. The Morgan fingerprint density at radius 2 is 1.88 bits per heavy atom. The van der Waals surface area contributed by atoms with Crippen molar-refractivity contribution in [2.75, 3.05) is 33.3 Å². The molecule has 1 saturated heterocycles. The number of hydrogen-bond donors (Lipinski definition) is 1. The van der Waals surface area contributed by atoms with Gasteiger partial charge in [0.2, 0.25) is 0 Å². The molecule has 3 rings (SSSR count). The first-order valence-electron chi connectivity index (χ1n) is 7.72. The van der Waals surface area contributed by atoms with E-state index in [1.807, 2.05) is 16.8 Å². The van der Waals surface area contributed by atoms with Crippen LogP contribution >= 0.6 is 23.7 Å². The molecular weight excluding hydrogens is 373 g/mol. The van der Waals surface area contributed by atoms with Crippen LogP contribution in [0, 0.1) is 0 Å². The second-order valence-electron chi connectivity index (χ2n) is 5.74. The summed E-state index contributed by atoms with van der Waals surface area (Å²) in [5.74, 6) is 0.232. The average molecular weight is 393 g/mol. The largest absolute Gasteiger partial charge is 0.497 e. The van der Waals surface area contributed by atoms with Crippen molar-refractivity contribution in [2.45, 2.75) is 12.2 Å². The SMILES string of the molecule is COc1cc([C@@H](c2ccsc2)N2CCNCC2)cc(C(F)(F)F)c1.Cl. The maximum absolute atomic E-state index is 13.3. The summed E-state index contributed by atoms with van der Waals surface area (Å²) < 4.78 is 44.9. The van der Waals surface area contributed by atoms with Crippen LogP contribution in [0.4, 0.5) is 13.2 Å². The molecule has 1 aromatic heterocycles. The highest BCUT2D eigenvalue weighted by Crippen LogP contribution is 2.37. The van der Waals surface area contributed by atoms with E-state index < -0.39 is 11.7 Å². The molecule has 1 aliphatic rings. The third kappa shape index (κ3) is 4.67. The van der Waals surface area contributed by atoms with Crippen molar-refractivity contribution in [3.8, 4) is 5.75 Å². The fourth-order valence-electron chi connectivity index (χ4n) is 3.05. The van der Waals surface area contributed by atoms with Crippen LogP contribution in [0.1, 0.15) is 22.7 Å². The molecule has 1 N–H and O–H groups in total. The standard InChI is InChI=1S/C17H19F3N2OS.ClH/c1-23-15-9-13(8-14(10-15)17(18,19)20)16(12-2-7-24-11-12)22-5-3-21-4-6-22;/h2,7-11,16,21H,3-6H2,1H3;1H/t16-;/m1./s1. The van der Waals surface area contributed by atoms with Crippen molar-refractivity contribution in [1.82, 2.24) is 10.2 Å². The quantitative estimate of drug-likeness (QED) is 0.844. The zero-order valence-electron chi connectivity index (χ0n) is 13.7. The first-order valence-corrected chi connectivity index (χ1v) is 8.66. The summed E-state index contributed by atoms with van der Waals surface area (Å²) in [6.07, 6.45) is -4.40. The molecular formula is C17H20ClF3N2OS. The lowest BCUT2D eigenvalue weighted by atomic mass is 9.96. The second kappa shape index (κ2) is 8.40. The molecule has 1 atom stereocenters. The van der Waals surface area contributed by atoms with Gasteiger partial charge in [-0.1, -0.05) is 0 Å². The van der Waals surface area contributed by atoms with Gasteiger partial charge in [-0.2, -0.15) is 24.5 Å². The van der Waals surface area contributed by atoms with E-state index in [4.69, 9.17) is 4.74 Å². The zero-order valence-corrected chi connectivity index (χ0v) is 15.3. The van der Waals surface area contributed by atoms with Crippen LogP contribution in [0.3, 0.4) is 0 Å². The van der Waals surface area contributed by atoms with E-state index in [0.29, 0.717) is 5.56 Å². The molecule has 1 fully saturated rings. The van der Waals surface area contributed by atoms with Gasteiger partial charge < -0.3 is 10.1 Å². The minimum absolute atomic E-state index is 0. The average Bonchev–Trinajstić information content (AvgIpc) is 3.09. The van der Waals surface area contributed by atoms with E-state index in [1.165, 1.54) is 13.2 Å². The number of halogens is 4. The number of nitrogens with one attached hydrogen (secondary N) is 1. The Bertz CT molecular complexity index is 673. The molecule has 2 aromatic rings. The van der Waals surface area contributed by atoms with E-state index in [1.54, 1.807) is 17.4 Å². The Labute approximate surface area is 155 Å². The fourth-order valence-corrected chi connectivity index (χ4v) is 3.73. The van der Waals surface area contributed by atoms with E-state index in [2.05, 4.69) is 10.2 Å². The van der Waals surface area contributed by atoms with E-state index >= 15 is 0 Å². The Morgan fingerprint density at radius 3 is 2.44 bits per heavy atom. The lowest BCUT2D eigenvalue weighted by Gasteiger charge is -2.35. The first-order chi connectivity index (χ1) is 11.5. The molecule has 0 aliphatic carbocycles. The fraction of sp³-hybridized carbons (Fsp3) is 0.412. The molecule has 1 aromatic carbocycles. The van der Waals surface area contributed by atoms with Crippen molar-refractivity contribution in [3.05, 3.63) is 51.7 Å². The van der Waals surface area contributed by atoms with Crippen LogP contribution in [0.25, 0.3) is 0 Å². The summed E-state index contributed by atoms with van der Waals surface area (Å²) in [4.78, 5) is 2.22. The third-order valence-electron chi connectivity index (χ3n) is 4.18. The zero-order chi connectivity index (χ0) is 17.2. The molecule has 2 heterocycles. The van der Waals surface area contributed by atoms with Gasteiger partial charge >= 0.3 is 6.18 Å². The second-order valence-corrected chi connectivity index (χ2v) is 6.52. The maximum atomic E-state index is 13.3. The highest BCUT2D eigenvalue weighted by Gasteiger charge is 2.33. The maximum Gasteiger partial charge on any atom is 0.416 e. The Kier molecular flexibility index (Phi) is 6.73. The van der Waals surface area contributed by atoms with Crippen molar-refractivity contribution in [3.63, 3.8) is 0 Å². The molecule has 138 valence electrons. The minimum Gasteiger partial charge on any atom is -0.497 e. The number of nitrogens with zero attached hydrogens (tertiary/aromatic N) is 1. The normalized spacial score (nSPS) is 17.0. The first kappa shape index (κ1) is 20.0. The third-order valence-corrected chi connectivity index (χ3v) is 4.88. The van der Waals surface area contributed by atoms with Gasteiger partial charge in [-0.05, 0) is 46.2 Å². The topological polar surface area (TPSA) is 24.5 Å². The van der Waals surface area contributed by atoms with Gasteiger partial charge in [0.05, 0.1) is 18.7 Å². The summed E-state index contributed by atoms with van der Waals surface area (Å²) in [6, 6.07) is 5.78. The number of methoxy groups -OCH3 is 1. The number of benzene rings is 1. The molecule has 0 bridgehead atoms. The van der Waals surface area contributed by atoms with Crippen LogP contribution in [0.2, 0.25) is 0 Å². The molecule has 0 unspecified atom stereocenters. The summed E-state index contributed by atoms with van der Waals surface area (Å²) in [6.45, 7) is 3.24. The Hall–Kier alpha value is -1.28. The van der Waals surface area contributed by atoms with Crippen molar-refractivity contribution >= 4 is 23.7 Å². The van der Waals surface area contributed by atoms with Crippen LogP contribution in [-0.4, -0.2) is 38.2 Å². The lowest BCUT2D eigenvalue weighted by Crippen LogP contribution is -2.45. The highest BCUT2D eigenvalue weighted by molar-refractivity contribution is 7.08. The summed E-state index contributed by atoms with van der Waals surface area (Å²) in [5.41, 5.74) is 0.956. The van der Waals surface area contributed by atoms with Crippen LogP contribution in [0.5, 0.6) is 5.75 Å². The number of alkyl halides is 3. The molecule has 25 heavy (non-hydrogen) atoms. The van der Waals surface area contributed by atoms with Crippen molar-refractivity contribution in [1.29, 1.82) is 0 Å². The van der Waals surface area contributed by atoms with E-state index in [9.17, 15) is 13.2 Å². The highest BCUT2D eigenvalue weighted by atomic mass is 35.5.